The van der Waals surface area contributed by atoms with Gasteiger partial charge in [-0.25, -0.2) is 0 Å². The zero-order chi connectivity index (χ0) is 19.8. The Morgan fingerprint density at radius 3 is 2.44 bits per heavy atom. The van der Waals surface area contributed by atoms with Crippen molar-refractivity contribution >= 4 is 5.57 Å². The third kappa shape index (κ3) is 4.34. The number of benzene rings is 1. The zero-order valence-corrected chi connectivity index (χ0v) is 17.3. The van der Waals surface area contributed by atoms with E-state index in [9.17, 15) is 15.3 Å². The monoisotopic (exact) mass is 372 g/mol. The second-order valence-electron chi connectivity index (χ2n) is 9.86. The van der Waals surface area contributed by atoms with Crippen LogP contribution in [0.25, 0.3) is 5.57 Å². The third-order valence-electron chi connectivity index (χ3n) is 7.20. The fraction of sp³-hybridized carbons (Fsp3) is 0.667. The molecule has 3 rings (SSSR count). The van der Waals surface area contributed by atoms with Gasteiger partial charge in [-0.15, -0.1) is 0 Å². The molecule has 0 radical (unpaired) electrons. The molecule has 0 spiro atoms. The van der Waals surface area contributed by atoms with Crippen LogP contribution < -0.4 is 0 Å². The predicted octanol–water partition coefficient (Wildman–Crippen LogP) is 5.88. The standard InChI is InChI=1S/C24H36O3/c1-16(7-5-11-23(2,3)27)21-9-10-22-20(8-6-12-24(21,22)4)17-13-18(25)15-19(26)14-17/h8,13-16,21-22,25-27H,5-7,9-12H2,1-4H3/t16-,21?,22+,24-/m1/s1. The highest BCUT2D eigenvalue weighted by molar-refractivity contribution is 5.71. The molecule has 0 heterocycles. The van der Waals surface area contributed by atoms with Crippen LogP contribution in [-0.4, -0.2) is 20.9 Å². The lowest BCUT2D eigenvalue weighted by molar-refractivity contribution is 0.0620. The van der Waals surface area contributed by atoms with Gasteiger partial charge in [0.15, 0.2) is 0 Å². The maximum absolute atomic E-state index is 9.99. The van der Waals surface area contributed by atoms with Crippen LogP contribution in [0, 0.1) is 23.2 Å². The van der Waals surface area contributed by atoms with E-state index in [0.717, 1.165) is 24.8 Å². The van der Waals surface area contributed by atoms with Gasteiger partial charge in [0, 0.05) is 6.07 Å². The number of hydrogen-bond donors (Lipinski definition) is 3. The Hall–Kier alpha value is -1.48. The van der Waals surface area contributed by atoms with Gasteiger partial charge in [0.2, 0.25) is 0 Å². The molecule has 3 N–H and O–H groups in total. The summed E-state index contributed by atoms with van der Waals surface area (Å²) < 4.78 is 0. The number of allylic oxidation sites excluding steroid dienone is 2. The van der Waals surface area contributed by atoms with Gasteiger partial charge in [0.25, 0.3) is 0 Å². The van der Waals surface area contributed by atoms with Crippen molar-refractivity contribution < 1.29 is 15.3 Å². The molecule has 2 aliphatic rings. The Bertz CT molecular complexity index is 680. The van der Waals surface area contributed by atoms with Crippen molar-refractivity contribution in [2.75, 3.05) is 0 Å². The smallest absolute Gasteiger partial charge is 0.119 e. The number of phenolic OH excluding ortho intramolecular Hbond substituents is 2. The SMILES string of the molecule is C[C@H](CCCC(C)(C)O)C1CC[C@H]2C(c3cc(O)cc(O)c3)=CCC[C@]12C. The molecule has 3 nitrogen and oxygen atoms in total. The molecule has 1 fully saturated rings. The van der Waals surface area contributed by atoms with Crippen LogP contribution in [0.15, 0.2) is 24.3 Å². The molecule has 0 bridgehead atoms. The molecule has 2 aliphatic carbocycles. The van der Waals surface area contributed by atoms with E-state index in [1.807, 2.05) is 13.8 Å². The Balaban J connectivity index is 1.76. The fourth-order valence-electron chi connectivity index (χ4n) is 5.89. The molecular weight excluding hydrogens is 336 g/mol. The number of phenols is 2. The average molecular weight is 373 g/mol. The molecule has 3 heteroatoms. The Morgan fingerprint density at radius 2 is 1.81 bits per heavy atom. The van der Waals surface area contributed by atoms with Crippen molar-refractivity contribution in [3.8, 4) is 11.5 Å². The molecule has 0 aliphatic heterocycles. The highest BCUT2D eigenvalue weighted by Gasteiger charge is 2.50. The summed E-state index contributed by atoms with van der Waals surface area (Å²) >= 11 is 0. The lowest BCUT2D eigenvalue weighted by atomic mass is 9.61. The van der Waals surface area contributed by atoms with E-state index in [2.05, 4.69) is 19.9 Å². The summed E-state index contributed by atoms with van der Waals surface area (Å²) in [7, 11) is 0. The summed E-state index contributed by atoms with van der Waals surface area (Å²) in [5, 5.41) is 29.8. The number of hydrogen-bond acceptors (Lipinski definition) is 3. The molecule has 27 heavy (non-hydrogen) atoms. The molecule has 150 valence electrons. The lowest BCUT2D eigenvalue weighted by Gasteiger charge is -2.43. The van der Waals surface area contributed by atoms with Gasteiger partial charge in [0.05, 0.1) is 5.60 Å². The molecule has 0 aromatic heterocycles. The van der Waals surface area contributed by atoms with Crippen LogP contribution in [-0.2, 0) is 0 Å². The quantitative estimate of drug-likeness (QED) is 0.584. The van der Waals surface area contributed by atoms with Crippen molar-refractivity contribution in [1.29, 1.82) is 0 Å². The fourth-order valence-corrected chi connectivity index (χ4v) is 5.89. The number of fused-ring (bicyclic) bond motifs is 1. The van der Waals surface area contributed by atoms with Crippen LogP contribution in [0.2, 0.25) is 0 Å². The normalized spacial score (nSPS) is 29.3. The molecular formula is C24H36O3. The summed E-state index contributed by atoms with van der Waals surface area (Å²) in [6, 6.07) is 4.98. The second kappa shape index (κ2) is 7.50. The van der Waals surface area contributed by atoms with Crippen molar-refractivity contribution in [3.05, 3.63) is 29.8 Å². The minimum atomic E-state index is -0.570. The van der Waals surface area contributed by atoms with Gasteiger partial charge < -0.3 is 15.3 Å². The van der Waals surface area contributed by atoms with Crippen LogP contribution in [0.1, 0.15) is 78.2 Å². The highest BCUT2D eigenvalue weighted by Crippen LogP contribution is 2.60. The zero-order valence-electron chi connectivity index (χ0n) is 17.3. The molecule has 1 aromatic carbocycles. The summed E-state index contributed by atoms with van der Waals surface area (Å²) in [6.45, 7) is 8.64. The molecule has 1 unspecified atom stereocenters. The number of aliphatic hydroxyl groups is 1. The van der Waals surface area contributed by atoms with E-state index in [4.69, 9.17) is 0 Å². The van der Waals surface area contributed by atoms with E-state index in [0.29, 0.717) is 17.8 Å². The third-order valence-corrected chi connectivity index (χ3v) is 7.20. The van der Waals surface area contributed by atoms with Crippen LogP contribution >= 0.6 is 0 Å². The van der Waals surface area contributed by atoms with Gasteiger partial charge in [-0.2, -0.15) is 0 Å². The second-order valence-corrected chi connectivity index (χ2v) is 9.86. The lowest BCUT2D eigenvalue weighted by Crippen LogP contribution is -2.35. The van der Waals surface area contributed by atoms with Crippen molar-refractivity contribution in [2.45, 2.75) is 78.2 Å². The van der Waals surface area contributed by atoms with Crippen LogP contribution in [0.4, 0.5) is 0 Å². The van der Waals surface area contributed by atoms with Gasteiger partial charge in [-0.1, -0.05) is 32.8 Å². The van der Waals surface area contributed by atoms with Gasteiger partial charge >= 0.3 is 0 Å². The van der Waals surface area contributed by atoms with Crippen LogP contribution in [0.3, 0.4) is 0 Å². The topological polar surface area (TPSA) is 60.7 Å². The first-order valence-electron chi connectivity index (χ1n) is 10.6. The Labute approximate surface area is 164 Å². The average Bonchev–Trinajstić information content (AvgIpc) is 2.89. The summed E-state index contributed by atoms with van der Waals surface area (Å²) in [6.07, 6.45) is 10.1. The number of rotatable bonds is 6. The van der Waals surface area contributed by atoms with Gasteiger partial charge in [-0.3, -0.25) is 0 Å². The van der Waals surface area contributed by atoms with E-state index >= 15 is 0 Å². The molecule has 0 amide bonds. The van der Waals surface area contributed by atoms with E-state index in [1.165, 1.54) is 37.3 Å². The van der Waals surface area contributed by atoms with Gasteiger partial charge in [0.1, 0.15) is 11.5 Å². The van der Waals surface area contributed by atoms with E-state index in [-0.39, 0.29) is 16.9 Å². The van der Waals surface area contributed by atoms with E-state index < -0.39 is 5.60 Å². The minimum absolute atomic E-state index is 0.132. The molecule has 4 atom stereocenters. The van der Waals surface area contributed by atoms with Crippen molar-refractivity contribution in [3.63, 3.8) is 0 Å². The predicted molar refractivity (Wildman–Crippen MR) is 111 cm³/mol. The first kappa shape index (κ1) is 20.3. The minimum Gasteiger partial charge on any atom is -0.508 e. The largest absolute Gasteiger partial charge is 0.508 e. The Kier molecular flexibility index (Phi) is 5.63. The molecule has 1 aromatic rings. The van der Waals surface area contributed by atoms with Crippen LogP contribution in [0.5, 0.6) is 11.5 Å². The van der Waals surface area contributed by atoms with Crippen molar-refractivity contribution in [2.24, 2.45) is 23.2 Å². The number of aromatic hydroxyl groups is 2. The first-order valence-corrected chi connectivity index (χ1v) is 10.6. The maximum atomic E-state index is 9.99. The molecule has 0 saturated heterocycles. The summed E-state index contributed by atoms with van der Waals surface area (Å²) in [5.74, 6) is 2.10. The summed E-state index contributed by atoms with van der Waals surface area (Å²) in [5.41, 5.74) is 1.99. The van der Waals surface area contributed by atoms with Crippen molar-refractivity contribution in [1.82, 2.24) is 0 Å². The maximum Gasteiger partial charge on any atom is 0.119 e. The first-order chi connectivity index (χ1) is 12.6. The summed E-state index contributed by atoms with van der Waals surface area (Å²) in [4.78, 5) is 0. The van der Waals surface area contributed by atoms with E-state index in [1.54, 1.807) is 12.1 Å². The Morgan fingerprint density at radius 1 is 1.15 bits per heavy atom. The molecule has 1 saturated carbocycles. The highest BCUT2D eigenvalue weighted by atomic mass is 16.3. The van der Waals surface area contributed by atoms with Gasteiger partial charge in [-0.05, 0) is 92.4 Å².